The summed E-state index contributed by atoms with van der Waals surface area (Å²) in [5.74, 6) is 3.04. The zero-order chi connectivity index (χ0) is 13.5. The van der Waals surface area contributed by atoms with E-state index in [9.17, 15) is 0 Å². The Bertz CT molecular complexity index is 362. The standard InChI is InChI=1S/C16H25NOS/c1-13-3-5-14(6-4-13)16(15-7-8-15)17-9-12-19-11-2-10-18/h3-6,15-18H,2,7-12H2,1H3. The molecule has 0 saturated heterocycles. The van der Waals surface area contributed by atoms with Crippen molar-refractivity contribution in [2.75, 3.05) is 24.7 Å². The normalized spacial score (nSPS) is 16.5. The van der Waals surface area contributed by atoms with Crippen molar-refractivity contribution in [1.29, 1.82) is 0 Å². The van der Waals surface area contributed by atoms with Crippen LogP contribution in [0.3, 0.4) is 0 Å². The van der Waals surface area contributed by atoms with Gasteiger partial charge in [0.1, 0.15) is 0 Å². The number of aliphatic hydroxyl groups excluding tert-OH is 1. The second-order valence-corrected chi connectivity index (χ2v) is 6.59. The van der Waals surface area contributed by atoms with Gasteiger partial charge in [0.05, 0.1) is 0 Å². The lowest BCUT2D eigenvalue weighted by Crippen LogP contribution is -2.25. The third-order valence-electron chi connectivity index (χ3n) is 3.59. The fraction of sp³-hybridized carbons (Fsp3) is 0.625. The molecule has 2 nitrogen and oxygen atoms in total. The van der Waals surface area contributed by atoms with Gasteiger partial charge in [0, 0.05) is 24.9 Å². The topological polar surface area (TPSA) is 32.3 Å². The van der Waals surface area contributed by atoms with E-state index in [1.165, 1.54) is 24.0 Å². The van der Waals surface area contributed by atoms with Crippen molar-refractivity contribution in [3.8, 4) is 0 Å². The number of aryl methyl sites for hydroxylation is 1. The van der Waals surface area contributed by atoms with Gasteiger partial charge in [-0.05, 0) is 43.4 Å². The average Bonchev–Trinajstić information content (AvgIpc) is 3.24. The predicted octanol–water partition coefficient (Wildman–Crippen LogP) is 3.15. The Balaban J connectivity index is 1.75. The number of thioether (sulfide) groups is 1. The fourth-order valence-electron chi connectivity index (χ4n) is 2.32. The van der Waals surface area contributed by atoms with Crippen LogP contribution in [0.25, 0.3) is 0 Å². The highest BCUT2D eigenvalue weighted by Crippen LogP contribution is 2.40. The molecule has 1 aromatic carbocycles. The molecule has 1 saturated carbocycles. The van der Waals surface area contributed by atoms with E-state index >= 15 is 0 Å². The van der Waals surface area contributed by atoms with Gasteiger partial charge >= 0.3 is 0 Å². The number of hydrogen-bond donors (Lipinski definition) is 2. The van der Waals surface area contributed by atoms with Crippen LogP contribution in [0.15, 0.2) is 24.3 Å². The smallest absolute Gasteiger partial charge is 0.0438 e. The maximum absolute atomic E-state index is 8.73. The summed E-state index contributed by atoms with van der Waals surface area (Å²) in [4.78, 5) is 0. The molecule has 0 aromatic heterocycles. The van der Waals surface area contributed by atoms with Crippen LogP contribution in [0.1, 0.15) is 36.4 Å². The second kappa shape index (κ2) is 7.93. The third kappa shape index (κ3) is 5.17. The van der Waals surface area contributed by atoms with Crippen LogP contribution in [0, 0.1) is 12.8 Å². The first-order valence-corrected chi connectivity index (χ1v) is 8.45. The van der Waals surface area contributed by atoms with Crippen LogP contribution in [0.4, 0.5) is 0 Å². The van der Waals surface area contributed by atoms with Gasteiger partial charge < -0.3 is 10.4 Å². The second-order valence-electron chi connectivity index (χ2n) is 5.37. The Kier molecular flexibility index (Phi) is 6.21. The van der Waals surface area contributed by atoms with Gasteiger partial charge in [0.2, 0.25) is 0 Å². The zero-order valence-electron chi connectivity index (χ0n) is 11.8. The summed E-state index contributed by atoms with van der Waals surface area (Å²) in [5, 5.41) is 12.4. The van der Waals surface area contributed by atoms with Gasteiger partial charge in [-0.25, -0.2) is 0 Å². The van der Waals surface area contributed by atoms with Crippen molar-refractivity contribution in [1.82, 2.24) is 5.32 Å². The van der Waals surface area contributed by atoms with Crippen LogP contribution in [-0.2, 0) is 0 Å². The van der Waals surface area contributed by atoms with Gasteiger partial charge in [-0.1, -0.05) is 29.8 Å². The van der Waals surface area contributed by atoms with Gasteiger partial charge in [-0.3, -0.25) is 0 Å². The molecule has 1 aliphatic carbocycles. The number of nitrogens with one attached hydrogen (secondary N) is 1. The van der Waals surface area contributed by atoms with Crippen LogP contribution in [0.5, 0.6) is 0 Å². The van der Waals surface area contributed by atoms with Crippen LogP contribution in [0.2, 0.25) is 0 Å². The lowest BCUT2D eigenvalue weighted by molar-refractivity contribution is 0.296. The van der Waals surface area contributed by atoms with Crippen LogP contribution < -0.4 is 5.32 Å². The van der Waals surface area contributed by atoms with Crippen molar-refractivity contribution in [2.24, 2.45) is 5.92 Å². The van der Waals surface area contributed by atoms with E-state index in [0.29, 0.717) is 12.6 Å². The molecule has 1 aliphatic rings. The first kappa shape index (κ1) is 14.9. The molecule has 3 heteroatoms. The van der Waals surface area contributed by atoms with E-state index in [1.54, 1.807) is 0 Å². The number of hydrogen-bond acceptors (Lipinski definition) is 3. The quantitative estimate of drug-likeness (QED) is 0.681. The molecule has 0 aliphatic heterocycles. The summed E-state index contributed by atoms with van der Waals surface area (Å²) in [5.41, 5.74) is 2.77. The molecular formula is C16H25NOS. The first-order chi connectivity index (χ1) is 9.31. The summed E-state index contributed by atoms with van der Waals surface area (Å²) < 4.78 is 0. The summed E-state index contributed by atoms with van der Waals surface area (Å²) in [6.07, 6.45) is 3.64. The molecule has 0 bridgehead atoms. The molecule has 1 fully saturated rings. The van der Waals surface area contributed by atoms with E-state index in [2.05, 4.69) is 36.5 Å². The van der Waals surface area contributed by atoms with Gasteiger partial charge in [0.25, 0.3) is 0 Å². The Morgan fingerprint density at radius 2 is 2.00 bits per heavy atom. The highest BCUT2D eigenvalue weighted by molar-refractivity contribution is 7.99. The van der Waals surface area contributed by atoms with E-state index < -0.39 is 0 Å². The Hall–Kier alpha value is -0.510. The average molecular weight is 279 g/mol. The Morgan fingerprint density at radius 1 is 1.26 bits per heavy atom. The number of aliphatic hydroxyl groups is 1. The van der Waals surface area contributed by atoms with E-state index in [1.807, 2.05) is 11.8 Å². The monoisotopic (exact) mass is 279 g/mol. The molecule has 0 heterocycles. The minimum Gasteiger partial charge on any atom is -0.396 e. The molecular weight excluding hydrogens is 254 g/mol. The molecule has 0 spiro atoms. The summed E-state index contributed by atoms with van der Waals surface area (Å²) in [6.45, 7) is 3.51. The summed E-state index contributed by atoms with van der Waals surface area (Å²) >= 11 is 1.93. The zero-order valence-corrected chi connectivity index (χ0v) is 12.6. The van der Waals surface area contributed by atoms with E-state index in [-0.39, 0.29) is 0 Å². The molecule has 0 amide bonds. The maximum atomic E-state index is 8.73. The SMILES string of the molecule is Cc1ccc(C(NCCSCCCO)C2CC2)cc1. The van der Waals surface area contributed by atoms with Gasteiger partial charge in [-0.15, -0.1) is 0 Å². The summed E-state index contributed by atoms with van der Waals surface area (Å²) in [6, 6.07) is 9.50. The Morgan fingerprint density at radius 3 is 2.63 bits per heavy atom. The highest BCUT2D eigenvalue weighted by Gasteiger charge is 2.31. The minimum absolute atomic E-state index is 0.314. The van der Waals surface area contributed by atoms with Crippen molar-refractivity contribution >= 4 is 11.8 Å². The van der Waals surface area contributed by atoms with Crippen LogP contribution in [-0.4, -0.2) is 29.8 Å². The van der Waals surface area contributed by atoms with Crippen molar-refractivity contribution < 1.29 is 5.11 Å². The first-order valence-electron chi connectivity index (χ1n) is 7.30. The minimum atomic E-state index is 0.314. The van der Waals surface area contributed by atoms with Crippen molar-refractivity contribution in [2.45, 2.75) is 32.2 Å². The number of benzene rings is 1. The predicted molar refractivity (Wildman–Crippen MR) is 83.7 cm³/mol. The molecule has 1 aromatic rings. The van der Waals surface area contributed by atoms with Crippen molar-refractivity contribution in [3.05, 3.63) is 35.4 Å². The largest absolute Gasteiger partial charge is 0.396 e. The van der Waals surface area contributed by atoms with Gasteiger partial charge in [-0.2, -0.15) is 11.8 Å². The maximum Gasteiger partial charge on any atom is 0.0438 e. The van der Waals surface area contributed by atoms with E-state index in [0.717, 1.165) is 30.4 Å². The lowest BCUT2D eigenvalue weighted by Gasteiger charge is -2.19. The molecule has 2 N–H and O–H groups in total. The fourth-order valence-corrected chi connectivity index (χ4v) is 3.11. The molecule has 2 rings (SSSR count). The van der Waals surface area contributed by atoms with Gasteiger partial charge in [0.15, 0.2) is 0 Å². The Labute approximate surface area is 121 Å². The van der Waals surface area contributed by atoms with Crippen molar-refractivity contribution in [3.63, 3.8) is 0 Å². The van der Waals surface area contributed by atoms with E-state index in [4.69, 9.17) is 5.11 Å². The van der Waals surface area contributed by atoms with Crippen LogP contribution >= 0.6 is 11.8 Å². The molecule has 19 heavy (non-hydrogen) atoms. The molecule has 0 radical (unpaired) electrons. The third-order valence-corrected chi connectivity index (χ3v) is 4.66. The summed E-state index contributed by atoms with van der Waals surface area (Å²) in [7, 11) is 0. The molecule has 106 valence electrons. The number of rotatable bonds is 9. The lowest BCUT2D eigenvalue weighted by atomic mass is 10.0. The molecule has 1 unspecified atom stereocenters. The molecule has 1 atom stereocenters. The highest BCUT2D eigenvalue weighted by atomic mass is 32.2.